The van der Waals surface area contributed by atoms with Gasteiger partial charge in [0.2, 0.25) is 6.54 Å². The van der Waals surface area contributed by atoms with Crippen LogP contribution in [0.4, 0.5) is 11.5 Å². The van der Waals surface area contributed by atoms with E-state index >= 15 is 0 Å². The highest BCUT2D eigenvalue weighted by atomic mass is 16.5. The fourth-order valence-corrected chi connectivity index (χ4v) is 7.41. The number of likely N-dealkylation sites (tertiary alicyclic amines) is 1. The summed E-state index contributed by atoms with van der Waals surface area (Å²) in [5, 5.41) is 2.60. The topological polar surface area (TPSA) is 58.3 Å². The van der Waals surface area contributed by atoms with E-state index in [0.29, 0.717) is 37.2 Å². The van der Waals surface area contributed by atoms with Crippen molar-refractivity contribution >= 4 is 22.3 Å². The Labute approximate surface area is 243 Å². The summed E-state index contributed by atoms with van der Waals surface area (Å²) >= 11 is 0. The van der Waals surface area contributed by atoms with Crippen molar-refractivity contribution in [2.24, 2.45) is 5.92 Å². The first-order valence-corrected chi connectivity index (χ1v) is 15.4. The van der Waals surface area contributed by atoms with Crippen LogP contribution in [0.5, 0.6) is 6.01 Å². The second-order valence-corrected chi connectivity index (χ2v) is 12.2. The van der Waals surface area contributed by atoms with E-state index in [0.717, 1.165) is 83.1 Å². The quantitative estimate of drug-likeness (QED) is 0.292. The molecule has 5 heterocycles. The summed E-state index contributed by atoms with van der Waals surface area (Å²) in [5.41, 5.74) is 4.89. The zero-order valence-electron chi connectivity index (χ0n) is 24.1. The first kappa shape index (κ1) is 26.5. The van der Waals surface area contributed by atoms with Crippen molar-refractivity contribution in [2.75, 3.05) is 62.3 Å². The molecule has 1 aromatic heterocycles. The molecular weight excluding hydrogens is 512 g/mol. The third-order valence-electron chi connectivity index (χ3n) is 9.46. The average molecular weight is 553 g/mol. The third kappa shape index (κ3) is 5.33. The molecule has 3 fully saturated rings. The van der Waals surface area contributed by atoms with Gasteiger partial charge in [0, 0.05) is 61.3 Å². The van der Waals surface area contributed by atoms with Crippen LogP contribution in [0.1, 0.15) is 42.5 Å². The number of rotatable bonds is 8. The molecule has 8 heteroatoms. The summed E-state index contributed by atoms with van der Waals surface area (Å²) in [6.07, 6.45) is 5.67. The van der Waals surface area contributed by atoms with Crippen LogP contribution in [0.25, 0.3) is 15.6 Å². The zero-order chi connectivity index (χ0) is 27.8. The second-order valence-electron chi connectivity index (χ2n) is 12.2. The minimum Gasteiger partial charge on any atom is -0.463 e. The summed E-state index contributed by atoms with van der Waals surface area (Å²) in [4.78, 5) is 21.2. The Balaban J connectivity index is 1.14. The number of aryl methyl sites for hydroxylation is 1. The van der Waals surface area contributed by atoms with Crippen molar-refractivity contribution in [2.45, 2.75) is 57.7 Å². The molecule has 3 atom stereocenters. The molecule has 214 valence electrons. The van der Waals surface area contributed by atoms with Crippen LogP contribution in [0.2, 0.25) is 0 Å². The second kappa shape index (κ2) is 11.5. The summed E-state index contributed by atoms with van der Waals surface area (Å²) in [6.45, 7) is 17.3. The molecule has 7 rings (SSSR count). The van der Waals surface area contributed by atoms with Crippen LogP contribution in [0.15, 0.2) is 36.4 Å². The molecule has 0 spiro atoms. The number of piperidine rings is 1. The van der Waals surface area contributed by atoms with Crippen molar-refractivity contribution in [3.63, 3.8) is 0 Å². The van der Waals surface area contributed by atoms with Crippen molar-refractivity contribution < 1.29 is 9.47 Å². The van der Waals surface area contributed by atoms with Gasteiger partial charge in [0.15, 0.2) is 0 Å². The van der Waals surface area contributed by atoms with Gasteiger partial charge in [-0.25, -0.2) is 6.57 Å². The molecule has 2 bridgehead atoms. The lowest BCUT2D eigenvalue weighted by Gasteiger charge is -2.36. The number of benzene rings is 2. The normalized spacial score (nSPS) is 24.0. The smallest absolute Gasteiger partial charge is 0.318 e. The van der Waals surface area contributed by atoms with Gasteiger partial charge in [-0.05, 0) is 56.0 Å². The number of fused-ring (bicyclic) bond motifs is 4. The van der Waals surface area contributed by atoms with Crippen molar-refractivity contribution in [1.82, 2.24) is 14.9 Å². The summed E-state index contributed by atoms with van der Waals surface area (Å²) in [5.74, 6) is 1.43. The van der Waals surface area contributed by atoms with Gasteiger partial charge >= 0.3 is 6.01 Å². The van der Waals surface area contributed by atoms with Gasteiger partial charge in [-0.15, -0.1) is 0 Å². The molecule has 0 aliphatic carbocycles. The number of hydrogen-bond donors (Lipinski definition) is 0. The standard InChI is InChI=1S/C33H40N6O2/c1-23-7-3-9-25-10-4-11-30(31(23)25)38-15-12-28-29(21-38)35-33(36-32(28)39-13-5-8-24(19-39)18-34-2)40-16-6-14-37-20-27-17-26(37)22-41-27/h3-4,7,9-11,24,26-27H,5-6,8,12-22H2,1H3/t24-,26-,27-/m0/s1. The summed E-state index contributed by atoms with van der Waals surface area (Å²) in [6, 6.07) is 14.2. The zero-order valence-corrected chi connectivity index (χ0v) is 24.1. The number of morpholine rings is 1. The van der Waals surface area contributed by atoms with Gasteiger partial charge in [-0.3, -0.25) is 4.90 Å². The Morgan fingerprint density at radius 2 is 2.00 bits per heavy atom. The molecule has 4 aliphatic heterocycles. The predicted octanol–water partition coefficient (Wildman–Crippen LogP) is 4.88. The largest absolute Gasteiger partial charge is 0.463 e. The maximum absolute atomic E-state index is 7.40. The molecule has 0 saturated carbocycles. The van der Waals surface area contributed by atoms with Gasteiger partial charge in [0.05, 0.1) is 31.6 Å². The van der Waals surface area contributed by atoms with E-state index in [1.165, 1.54) is 34.0 Å². The molecule has 8 nitrogen and oxygen atoms in total. The Morgan fingerprint density at radius 3 is 2.83 bits per heavy atom. The Kier molecular flexibility index (Phi) is 7.40. The highest BCUT2D eigenvalue weighted by Crippen LogP contribution is 2.36. The van der Waals surface area contributed by atoms with E-state index in [2.05, 4.69) is 62.9 Å². The molecule has 4 aliphatic rings. The van der Waals surface area contributed by atoms with Crippen LogP contribution < -0.4 is 14.5 Å². The fraction of sp³-hybridized carbons (Fsp3) is 0.545. The van der Waals surface area contributed by atoms with Gasteiger partial charge in [0.1, 0.15) is 5.82 Å². The van der Waals surface area contributed by atoms with Crippen molar-refractivity contribution in [1.29, 1.82) is 0 Å². The molecule has 0 amide bonds. The van der Waals surface area contributed by atoms with Crippen molar-refractivity contribution in [3.05, 3.63) is 64.6 Å². The maximum Gasteiger partial charge on any atom is 0.318 e. The molecule has 3 aromatic rings. The van der Waals surface area contributed by atoms with Crippen LogP contribution in [0, 0.1) is 19.4 Å². The SMILES string of the molecule is [C-]#[N+]C[C@@H]1CCCN(c2nc(OCCCN3C[C@@H]4C[C@H]3CO4)nc3c2CCN(c2cccc4cccc(C)c24)C3)C1. The van der Waals surface area contributed by atoms with Gasteiger partial charge < -0.3 is 24.1 Å². The highest BCUT2D eigenvalue weighted by Gasteiger charge is 2.38. The number of nitrogens with zero attached hydrogens (tertiary/aromatic N) is 6. The number of anilines is 2. The van der Waals surface area contributed by atoms with Gasteiger partial charge in [0.25, 0.3) is 0 Å². The number of aromatic nitrogens is 2. The monoisotopic (exact) mass is 552 g/mol. The van der Waals surface area contributed by atoms with E-state index in [1.807, 2.05) is 0 Å². The molecule has 2 aromatic carbocycles. The highest BCUT2D eigenvalue weighted by molar-refractivity contribution is 5.97. The van der Waals surface area contributed by atoms with Crippen molar-refractivity contribution in [3.8, 4) is 6.01 Å². The lowest BCUT2D eigenvalue weighted by molar-refractivity contribution is 0.0287. The van der Waals surface area contributed by atoms with Crippen LogP contribution in [-0.2, 0) is 17.7 Å². The van der Waals surface area contributed by atoms with E-state index in [-0.39, 0.29) is 0 Å². The molecule has 41 heavy (non-hydrogen) atoms. The van der Waals surface area contributed by atoms with E-state index < -0.39 is 0 Å². The first-order chi connectivity index (χ1) is 20.2. The van der Waals surface area contributed by atoms with Crippen LogP contribution in [-0.4, -0.2) is 79.5 Å². The lowest BCUT2D eigenvalue weighted by Crippen LogP contribution is -2.39. The fourth-order valence-electron chi connectivity index (χ4n) is 7.41. The minimum atomic E-state index is 0.398. The number of ether oxygens (including phenoxy) is 2. The molecule has 0 radical (unpaired) electrons. The Morgan fingerprint density at radius 1 is 1.10 bits per heavy atom. The Bertz CT molecular complexity index is 1450. The maximum atomic E-state index is 7.40. The molecule has 0 unspecified atom stereocenters. The van der Waals surface area contributed by atoms with E-state index in [9.17, 15) is 0 Å². The van der Waals surface area contributed by atoms with Gasteiger partial charge in [-0.2, -0.15) is 9.97 Å². The Hall–Kier alpha value is -3.41. The third-order valence-corrected chi connectivity index (χ3v) is 9.46. The van der Waals surface area contributed by atoms with E-state index in [1.54, 1.807) is 0 Å². The van der Waals surface area contributed by atoms with Gasteiger partial charge in [-0.1, -0.05) is 30.3 Å². The number of hydrogen-bond acceptors (Lipinski definition) is 7. The molecular formula is C33H40N6O2. The predicted molar refractivity (Wildman–Crippen MR) is 162 cm³/mol. The minimum absolute atomic E-state index is 0.398. The average Bonchev–Trinajstić information content (AvgIpc) is 3.63. The molecule has 0 N–H and O–H groups in total. The summed E-state index contributed by atoms with van der Waals surface area (Å²) < 4.78 is 12.0. The molecule has 3 saturated heterocycles. The van der Waals surface area contributed by atoms with E-state index in [4.69, 9.17) is 26.0 Å². The lowest BCUT2D eigenvalue weighted by atomic mass is 9.96. The first-order valence-electron chi connectivity index (χ1n) is 15.4. The van der Waals surface area contributed by atoms with Crippen LogP contribution in [0.3, 0.4) is 0 Å². The summed E-state index contributed by atoms with van der Waals surface area (Å²) in [7, 11) is 0. The van der Waals surface area contributed by atoms with Crippen LogP contribution >= 0.6 is 0 Å².